The molecule has 3 aromatic carbocycles. The molecule has 5 nitrogen and oxygen atoms in total. The molecule has 3 aromatic rings. The smallest absolute Gasteiger partial charge is 0.213 e. The second kappa shape index (κ2) is 10.6. The number of nitrogens with zero attached hydrogens (tertiary/aromatic N) is 2. The predicted octanol–water partition coefficient (Wildman–Crippen LogP) is 7.44. The van der Waals surface area contributed by atoms with Gasteiger partial charge in [0.1, 0.15) is 23.9 Å². The van der Waals surface area contributed by atoms with Crippen LogP contribution >= 0.6 is 15.9 Å². The van der Waals surface area contributed by atoms with Crippen molar-refractivity contribution in [1.82, 2.24) is 5.01 Å². The Hall–Kier alpha value is -3.25. The first kappa shape index (κ1) is 23.5. The van der Waals surface area contributed by atoms with E-state index in [0.29, 0.717) is 6.61 Å². The van der Waals surface area contributed by atoms with Gasteiger partial charge in [-0.15, -0.1) is 0 Å². The first-order chi connectivity index (χ1) is 17.2. The summed E-state index contributed by atoms with van der Waals surface area (Å²) in [6.07, 6.45) is 4.39. The largest absolute Gasteiger partial charge is 0.494 e. The van der Waals surface area contributed by atoms with Crippen molar-refractivity contribution in [3.8, 4) is 17.2 Å². The third-order valence-corrected chi connectivity index (χ3v) is 6.73. The molecule has 180 valence electrons. The lowest BCUT2D eigenvalue weighted by Gasteiger charge is -2.38. The van der Waals surface area contributed by atoms with Crippen molar-refractivity contribution < 1.29 is 14.2 Å². The van der Waals surface area contributed by atoms with Crippen molar-refractivity contribution in [2.45, 2.75) is 38.5 Å². The van der Waals surface area contributed by atoms with E-state index in [1.807, 2.05) is 36.4 Å². The number of benzene rings is 3. The van der Waals surface area contributed by atoms with Crippen LogP contribution in [0.1, 0.15) is 55.1 Å². The summed E-state index contributed by atoms with van der Waals surface area (Å²) in [5.74, 6) is 2.59. The fraction of sp³-hybridized carbons (Fsp3) is 0.276. The third-order valence-electron chi connectivity index (χ3n) is 6.24. The quantitative estimate of drug-likeness (QED) is 0.212. The molecule has 2 unspecified atom stereocenters. The maximum atomic E-state index is 6.50. The number of rotatable bonds is 9. The molecule has 2 heterocycles. The Labute approximate surface area is 215 Å². The number of halogens is 1. The van der Waals surface area contributed by atoms with Gasteiger partial charge >= 0.3 is 0 Å². The Bertz CT molecular complexity index is 1210. The molecular weight excluding hydrogens is 504 g/mol. The number of hydrogen-bond acceptors (Lipinski definition) is 5. The lowest BCUT2D eigenvalue weighted by atomic mass is 9.96. The van der Waals surface area contributed by atoms with Crippen LogP contribution in [0.2, 0.25) is 0 Å². The number of hydrazone groups is 1. The Morgan fingerprint density at radius 3 is 2.54 bits per heavy atom. The zero-order valence-electron chi connectivity index (χ0n) is 19.8. The first-order valence-electron chi connectivity index (χ1n) is 12.0. The van der Waals surface area contributed by atoms with Crippen LogP contribution in [0.3, 0.4) is 0 Å². The van der Waals surface area contributed by atoms with Crippen LogP contribution in [0.5, 0.6) is 17.2 Å². The Kier molecular flexibility index (Phi) is 7.09. The molecule has 2 atom stereocenters. The monoisotopic (exact) mass is 532 g/mol. The minimum absolute atomic E-state index is 0.0911. The summed E-state index contributed by atoms with van der Waals surface area (Å²) >= 11 is 3.62. The minimum atomic E-state index is -0.314. The molecule has 0 saturated carbocycles. The number of unbranched alkanes of at least 4 members (excludes halogenated alkanes) is 1. The van der Waals surface area contributed by atoms with Gasteiger partial charge in [-0.3, -0.25) is 0 Å². The van der Waals surface area contributed by atoms with E-state index < -0.39 is 0 Å². The SMILES string of the molecule is C=CCOc1ccc(C2=NN3C(C2)c2cc(Br)ccc2OC3c2ccc(OCCCC)cc2)cc1. The van der Waals surface area contributed by atoms with Crippen LogP contribution in [0.4, 0.5) is 0 Å². The molecular formula is C29H29BrN2O3. The van der Waals surface area contributed by atoms with Crippen molar-refractivity contribution in [2.75, 3.05) is 13.2 Å². The molecule has 0 radical (unpaired) electrons. The summed E-state index contributed by atoms with van der Waals surface area (Å²) in [6, 6.07) is 22.6. The molecule has 0 aromatic heterocycles. The van der Waals surface area contributed by atoms with E-state index in [4.69, 9.17) is 19.3 Å². The van der Waals surface area contributed by atoms with Crippen LogP contribution in [0, 0.1) is 0 Å². The second-order valence-electron chi connectivity index (χ2n) is 8.69. The van der Waals surface area contributed by atoms with Crippen LogP contribution in [-0.4, -0.2) is 23.9 Å². The highest BCUT2D eigenvalue weighted by Gasteiger charge is 2.41. The summed E-state index contributed by atoms with van der Waals surface area (Å²) in [6.45, 7) is 7.09. The minimum Gasteiger partial charge on any atom is -0.494 e. The zero-order chi connectivity index (χ0) is 24.2. The number of ether oxygens (including phenoxy) is 3. The van der Waals surface area contributed by atoms with Gasteiger partial charge in [-0.2, -0.15) is 5.10 Å². The van der Waals surface area contributed by atoms with Crippen LogP contribution < -0.4 is 14.2 Å². The van der Waals surface area contributed by atoms with E-state index >= 15 is 0 Å². The predicted molar refractivity (Wildman–Crippen MR) is 142 cm³/mol. The van der Waals surface area contributed by atoms with Crippen molar-refractivity contribution in [3.05, 3.63) is 101 Å². The standard InChI is InChI=1S/C29H29BrN2O3/c1-3-5-17-34-24-13-8-21(9-14-24)29-32-27(25-18-22(30)10-15-28(25)35-29)19-26(31-32)20-6-11-23(12-7-20)33-16-4-2/h4,6-15,18,27,29H,2-3,5,16-17,19H2,1H3. The van der Waals surface area contributed by atoms with Gasteiger partial charge < -0.3 is 14.2 Å². The topological polar surface area (TPSA) is 43.3 Å². The fourth-order valence-corrected chi connectivity index (χ4v) is 4.79. The van der Waals surface area contributed by atoms with E-state index in [0.717, 1.165) is 70.0 Å². The maximum Gasteiger partial charge on any atom is 0.213 e. The fourth-order valence-electron chi connectivity index (χ4n) is 4.41. The second-order valence-corrected chi connectivity index (χ2v) is 9.61. The Morgan fingerprint density at radius 2 is 1.80 bits per heavy atom. The molecule has 2 aliphatic rings. The van der Waals surface area contributed by atoms with Gasteiger partial charge in [0.15, 0.2) is 0 Å². The Morgan fingerprint density at radius 1 is 1.06 bits per heavy atom. The van der Waals surface area contributed by atoms with Gasteiger partial charge in [-0.1, -0.05) is 41.9 Å². The molecule has 0 amide bonds. The first-order valence-corrected chi connectivity index (χ1v) is 12.8. The Balaban J connectivity index is 1.44. The lowest BCUT2D eigenvalue weighted by Crippen LogP contribution is -2.33. The van der Waals surface area contributed by atoms with Crippen LogP contribution in [0.25, 0.3) is 0 Å². The lowest BCUT2D eigenvalue weighted by molar-refractivity contribution is -0.0191. The molecule has 0 saturated heterocycles. The highest BCUT2D eigenvalue weighted by atomic mass is 79.9. The molecule has 0 bridgehead atoms. The third kappa shape index (κ3) is 5.08. The summed E-state index contributed by atoms with van der Waals surface area (Å²) < 4.78 is 19.0. The molecule has 6 heteroatoms. The van der Waals surface area contributed by atoms with Gasteiger partial charge in [0.25, 0.3) is 0 Å². The highest BCUT2D eigenvalue weighted by Crippen LogP contribution is 2.48. The van der Waals surface area contributed by atoms with Crippen molar-refractivity contribution in [2.24, 2.45) is 5.10 Å². The maximum absolute atomic E-state index is 6.50. The molecule has 35 heavy (non-hydrogen) atoms. The molecule has 5 rings (SSSR count). The summed E-state index contributed by atoms with van der Waals surface area (Å²) in [4.78, 5) is 0. The average Bonchev–Trinajstić information content (AvgIpc) is 3.34. The van der Waals surface area contributed by atoms with E-state index in [1.165, 1.54) is 0 Å². The molecule has 2 aliphatic heterocycles. The normalized spacial score (nSPS) is 18.2. The van der Waals surface area contributed by atoms with Gasteiger partial charge in [0, 0.05) is 22.0 Å². The molecule has 0 fully saturated rings. The van der Waals surface area contributed by atoms with Crippen LogP contribution in [-0.2, 0) is 0 Å². The molecule has 0 N–H and O–H groups in total. The summed E-state index contributed by atoms with van der Waals surface area (Å²) in [5.41, 5.74) is 4.30. The van der Waals surface area contributed by atoms with Crippen molar-refractivity contribution in [3.63, 3.8) is 0 Å². The van der Waals surface area contributed by atoms with E-state index in [-0.39, 0.29) is 12.3 Å². The van der Waals surface area contributed by atoms with Gasteiger partial charge in [-0.05, 0) is 78.7 Å². The molecule has 0 aliphatic carbocycles. The average molecular weight is 533 g/mol. The van der Waals surface area contributed by atoms with Crippen molar-refractivity contribution in [1.29, 1.82) is 0 Å². The van der Waals surface area contributed by atoms with Gasteiger partial charge in [-0.25, -0.2) is 5.01 Å². The van der Waals surface area contributed by atoms with Gasteiger partial charge in [0.05, 0.1) is 18.4 Å². The van der Waals surface area contributed by atoms with Crippen LogP contribution in [0.15, 0.2) is 89.0 Å². The van der Waals surface area contributed by atoms with Crippen molar-refractivity contribution >= 4 is 21.6 Å². The number of hydrogen-bond donors (Lipinski definition) is 0. The zero-order valence-corrected chi connectivity index (χ0v) is 21.4. The summed E-state index contributed by atoms with van der Waals surface area (Å²) in [5, 5.41) is 7.16. The molecule has 0 spiro atoms. The van der Waals surface area contributed by atoms with Gasteiger partial charge in [0.2, 0.25) is 6.23 Å². The van der Waals surface area contributed by atoms with E-state index in [2.05, 4.69) is 64.8 Å². The summed E-state index contributed by atoms with van der Waals surface area (Å²) in [7, 11) is 0. The number of fused-ring (bicyclic) bond motifs is 3. The van der Waals surface area contributed by atoms with E-state index in [1.54, 1.807) is 6.08 Å². The highest BCUT2D eigenvalue weighted by molar-refractivity contribution is 9.10. The van der Waals surface area contributed by atoms with E-state index in [9.17, 15) is 0 Å².